The van der Waals surface area contributed by atoms with Crippen LogP contribution in [0.5, 0.6) is 0 Å². The number of carbonyl (C=O) groups excluding carboxylic acids is 4. The molecule has 0 rings (SSSR count). The second-order valence-electron chi connectivity index (χ2n) is 28.0. The predicted molar refractivity (Wildman–Crippen MR) is 381 cm³/mol. The summed E-state index contributed by atoms with van der Waals surface area (Å²) in [6, 6.07) is 0. The zero-order valence-electron chi connectivity index (χ0n) is 61.3. The Morgan fingerprint density at radius 3 is 0.723 bits per heavy atom. The van der Waals surface area contributed by atoms with Crippen LogP contribution in [-0.4, -0.2) is 96.7 Å². The summed E-state index contributed by atoms with van der Waals surface area (Å²) < 4.78 is 68.3. The highest BCUT2D eigenvalue weighted by molar-refractivity contribution is 7.47. The Morgan fingerprint density at radius 1 is 0.287 bits per heavy atom. The molecule has 0 bridgehead atoms. The third-order valence-electron chi connectivity index (χ3n) is 17.5. The van der Waals surface area contributed by atoms with Gasteiger partial charge in [0.25, 0.3) is 0 Å². The molecule has 2 unspecified atom stereocenters. The fourth-order valence-electron chi connectivity index (χ4n) is 11.5. The van der Waals surface area contributed by atoms with Crippen LogP contribution in [0.25, 0.3) is 0 Å². The van der Waals surface area contributed by atoms with Crippen LogP contribution in [0.1, 0.15) is 388 Å². The van der Waals surface area contributed by atoms with Crippen LogP contribution in [0, 0.1) is 11.8 Å². The number of phosphoric acid groups is 2. The quantitative estimate of drug-likeness (QED) is 0.0222. The van der Waals surface area contributed by atoms with Gasteiger partial charge in [-0.2, -0.15) is 0 Å². The molecule has 0 aromatic carbocycles. The molecule has 3 N–H and O–H groups in total. The standard InChI is InChI=1S/C75H146O17P2/c1-7-9-11-13-15-16-34-41-47-53-59-74(79)91-70(63-85-72(77)57-51-45-37-14-12-10-8-2)65-89-93(81,82)87-61-69(76)62-88-94(83,84)90-66-71(64-86-73(78)58-52-46-40-35-30-27-23-25-29-33-39-44-50-56-68(5)6)92-75(80)60-54-48-42-36-31-26-22-20-18-17-19-21-24-28-32-38-43-49-55-67(3)4/h67-71,76H,7-66H2,1-6H3,(H,81,82)(H,83,84)/t69-,70+,71+/m0/s1. The van der Waals surface area contributed by atoms with Crippen molar-refractivity contribution < 1.29 is 80.2 Å². The molecule has 0 fully saturated rings. The summed E-state index contributed by atoms with van der Waals surface area (Å²) in [6.07, 6.45) is 54.3. The summed E-state index contributed by atoms with van der Waals surface area (Å²) in [5.41, 5.74) is 0. The van der Waals surface area contributed by atoms with Crippen molar-refractivity contribution in [3.8, 4) is 0 Å². The van der Waals surface area contributed by atoms with Crippen LogP contribution in [-0.2, 0) is 65.4 Å². The van der Waals surface area contributed by atoms with Crippen LogP contribution >= 0.6 is 15.6 Å². The first-order valence-corrected chi connectivity index (χ1v) is 42.0. The van der Waals surface area contributed by atoms with Crippen LogP contribution in [0.4, 0.5) is 0 Å². The van der Waals surface area contributed by atoms with Crippen molar-refractivity contribution in [3.63, 3.8) is 0 Å². The first kappa shape index (κ1) is 92.1. The minimum absolute atomic E-state index is 0.106. The average Bonchev–Trinajstić information content (AvgIpc) is 1.19. The smallest absolute Gasteiger partial charge is 0.462 e. The van der Waals surface area contributed by atoms with Crippen LogP contribution in [0.3, 0.4) is 0 Å². The van der Waals surface area contributed by atoms with E-state index in [1.54, 1.807) is 0 Å². The molecule has 0 aromatic heterocycles. The Bertz CT molecular complexity index is 1820. The number of esters is 4. The van der Waals surface area contributed by atoms with E-state index in [0.717, 1.165) is 115 Å². The molecule has 0 saturated carbocycles. The van der Waals surface area contributed by atoms with Gasteiger partial charge in [-0.1, -0.05) is 337 Å². The molecule has 0 heterocycles. The number of hydrogen-bond acceptors (Lipinski definition) is 15. The van der Waals surface area contributed by atoms with Gasteiger partial charge < -0.3 is 33.8 Å². The maximum absolute atomic E-state index is 13.1. The second-order valence-corrected chi connectivity index (χ2v) is 30.9. The third kappa shape index (κ3) is 68.6. The lowest BCUT2D eigenvalue weighted by Gasteiger charge is -2.21. The van der Waals surface area contributed by atoms with E-state index in [2.05, 4.69) is 41.5 Å². The molecular formula is C75H146O17P2. The normalized spacial score (nSPS) is 14.0. The highest BCUT2D eigenvalue weighted by Crippen LogP contribution is 2.45. The van der Waals surface area contributed by atoms with E-state index in [1.165, 1.54) is 193 Å². The van der Waals surface area contributed by atoms with Gasteiger partial charge in [-0.25, -0.2) is 9.13 Å². The van der Waals surface area contributed by atoms with Crippen molar-refractivity contribution in [1.82, 2.24) is 0 Å². The van der Waals surface area contributed by atoms with E-state index in [1.807, 2.05) is 0 Å². The fourth-order valence-corrected chi connectivity index (χ4v) is 13.1. The van der Waals surface area contributed by atoms with E-state index in [4.69, 9.17) is 37.0 Å². The van der Waals surface area contributed by atoms with Crippen molar-refractivity contribution >= 4 is 39.5 Å². The van der Waals surface area contributed by atoms with Gasteiger partial charge >= 0.3 is 39.5 Å². The highest BCUT2D eigenvalue weighted by atomic mass is 31.2. The Hall–Kier alpha value is -1.94. The molecule has 0 amide bonds. The Balaban J connectivity index is 5.15. The van der Waals surface area contributed by atoms with Gasteiger partial charge in [-0.3, -0.25) is 37.3 Å². The largest absolute Gasteiger partial charge is 0.472 e. The van der Waals surface area contributed by atoms with Gasteiger partial charge in [0.15, 0.2) is 12.2 Å². The zero-order chi connectivity index (χ0) is 69.3. The number of hydrogen-bond donors (Lipinski definition) is 3. The molecule has 0 aliphatic heterocycles. The fraction of sp³-hybridized carbons (Fsp3) is 0.947. The summed E-state index contributed by atoms with van der Waals surface area (Å²) in [7, 11) is -9.90. The van der Waals surface area contributed by atoms with Crippen molar-refractivity contribution in [3.05, 3.63) is 0 Å². The van der Waals surface area contributed by atoms with Crippen LogP contribution in [0.15, 0.2) is 0 Å². The Morgan fingerprint density at radius 2 is 0.489 bits per heavy atom. The van der Waals surface area contributed by atoms with Gasteiger partial charge in [0.1, 0.15) is 19.3 Å². The van der Waals surface area contributed by atoms with E-state index in [0.29, 0.717) is 25.7 Å². The van der Waals surface area contributed by atoms with E-state index in [-0.39, 0.29) is 25.7 Å². The molecule has 0 saturated heterocycles. The van der Waals surface area contributed by atoms with E-state index in [9.17, 15) is 43.2 Å². The molecular weight excluding hydrogens is 1230 g/mol. The van der Waals surface area contributed by atoms with Gasteiger partial charge in [0.2, 0.25) is 0 Å². The van der Waals surface area contributed by atoms with Crippen molar-refractivity contribution in [2.75, 3.05) is 39.6 Å². The number of aliphatic hydroxyl groups excluding tert-OH is 1. The molecule has 0 aliphatic carbocycles. The molecule has 5 atom stereocenters. The second kappa shape index (κ2) is 66.9. The minimum Gasteiger partial charge on any atom is -0.462 e. The molecule has 0 aliphatic rings. The number of unbranched alkanes of at least 4 members (excludes halogenated alkanes) is 44. The highest BCUT2D eigenvalue weighted by Gasteiger charge is 2.30. The first-order chi connectivity index (χ1) is 45.4. The maximum atomic E-state index is 13.1. The molecule has 17 nitrogen and oxygen atoms in total. The number of phosphoric ester groups is 2. The topological polar surface area (TPSA) is 237 Å². The molecule has 94 heavy (non-hydrogen) atoms. The molecule has 0 radical (unpaired) electrons. The summed E-state index contributed by atoms with van der Waals surface area (Å²) in [5, 5.41) is 10.6. The SMILES string of the molecule is CCCCCCCCCCCCC(=O)O[C@H](COC(=O)CCCCCCCCC)COP(=O)(O)OC[C@H](O)COP(=O)(O)OC[C@@H](COC(=O)CCCCCCCCCCCCCCCC(C)C)OC(=O)CCCCCCCCCCCCCCCCCCCCC(C)C. The van der Waals surface area contributed by atoms with Gasteiger partial charge in [-0.15, -0.1) is 0 Å². The number of aliphatic hydroxyl groups is 1. The number of rotatable bonds is 74. The van der Waals surface area contributed by atoms with E-state index < -0.39 is 97.5 Å². The average molecular weight is 1380 g/mol. The molecule has 0 spiro atoms. The molecule has 19 heteroatoms. The monoisotopic (exact) mass is 1380 g/mol. The number of carbonyl (C=O) groups is 4. The van der Waals surface area contributed by atoms with Crippen molar-refractivity contribution in [1.29, 1.82) is 0 Å². The van der Waals surface area contributed by atoms with Gasteiger partial charge in [0.05, 0.1) is 26.4 Å². The Kier molecular flexibility index (Phi) is 65.5. The summed E-state index contributed by atoms with van der Waals surface area (Å²) in [5.74, 6) is -0.511. The Labute approximate surface area is 575 Å². The van der Waals surface area contributed by atoms with Gasteiger partial charge in [-0.05, 0) is 37.5 Å². The molecule has 558 valence electrons. The maximum Gasteiger partial charge on any atom is 0.472 e. The summed E-state index contributed by atoms with van der Waals surface area (Å²) in [6.45, 7) is 9.59. The third-order valence-corrected chi connectivity index (χ3v) is 19.4. The summed E-state index contributed by atoms with van der Waals surface area (Å²) >= 11 is 0. The van der Waals surface area contributed by atoms with E-state index >= 15 is 0 Å². The van der Waals surface area contributed by atoms with Crippen molar-refractivity contribution in [2.45, 2.75) is 407 Å². The summed E-state index contributed by atoms with van der Waals surface area (Å²) in [4.78, 5) is 72.5. The lowest BCUT2D eigenvalue weighted by atomic mass is 10.0. The zero-order valence-corrected chi connectivity index (χ0v) is 63.1. The van der Waals surface area contributed by atoms with Crippen LogP contribution < -0.4 is 0 Å². The number of ether oxygens (including phenoxy) is 4. The predicted octanol–water partition coefficient (Wildman–Crippen LogP) is 21.9. The molecule has 0 aromatic rings. The first-order valence-electron chi connectivity index (χ1n) is 39.0. The van der Waals surface area contributed by atoms with Crippen molar-refractivity contribution in [2.24, 2.45) is 11.8 Å². The minimum atomic E-state index is -4.96. The van der Waals surface area contributed by atoms with Crippen LogP contribution in [0.2, 0.25) is 0 Å². The van der Waals surface area contributed by atoms with Gasteiger partial charge in [0, 0.05) is 25.7 Å². The lowest BCUT2D eigenvalue weighted by Crippen LogP contribution is -2.30. The lowest BCUT2D eigenvalue weighted by molar-refractivity contribution is -0.161.